The first-order valence-electron chi connectivity index (χ1n) is 9.79. The molecule has 0 aliphatic carbocycles. The second-order valence-electron chi connectivity index (χ2n) is 7.80. The molecule has 1 N–H and O–H groups in total. The molecule has 32 heavy (non-hydrogen) atoms. The zero-order valence-electron chi connectivity index (χ0n) is 17.9. The lowest BCUT2D eigenvalue weighted by Crippen LogP contribution is -2.63. The van der Waals surface area contributed by atoms with Crippen molar-refractivity contribution in [1.82, 2.24) is 0 Å². The summed E-state index contributed by atoms with van der Waals surface area (Å²) in [6.45, 7) is 8.26. The van der Waals surface area contributed by atoms with Crippen LogP contribution < -0.4 is 10.4 Å². The van der Waals surface area contributed by atoms with Crippen LogP contribution in [0.2, 0.25) is 0 Å². The van der Waals surface area contributed by atoms with Crippen LogP contribution in [-0.2, 0) is 18.9 Å². The number of fused-ring (bicyclic) bond motifs is 2. The fourth-order valence-electron chi connectivity index (χ4n) is 4.09. The van der Waals surface area contributed by atoms with E-state index in [4.69, 9.17) is 28.1 Å². The zero-order valence-corrected chi connectivity index (χ0v) is 17.9. The van der Waals surface area contributed by atoms with E-state index in [0.29, 0.717) is 5.56 Å². The van der Waals surface area contributed by atoms with Gasteiger partial charge in [0.25, 0.3) is 0 Å². The van der Waals surface area contributed by atoms with E-state index in [0.717, 1.165) is 6.92 Å². The van der Waals surface area contributed by atoms with Crippen LogP contribution >= 0.6 is 0 Å². The zero-order chi connectivity index (χ0) is 23.4. The third kappa shape index (κ3) is 3.23. The highest BCUT2D eigenvalue weighted by Gasteiger charge is 2.59. The Morgan fingerprint density at radius 2 is 1.94 bits per heavy atom. The van der Waals surface area contributed by atoms with Gasteiger partial charge in [-0.2, -0.15) is 0 Å². The number of ether oxygens (including phenoxy) is 5. The Morgan fingerprint density at radius 3 is 2.56 bits per heavy atom. The Morgan fingerprint density at radius 1 is 1.25 bits per heavy atom. The highest BCUT2D eigenvalue weighted by Crippen LogP contribution is 2.41. The molecule has 3 heterocycles. The summed E-state index contributed by atoms with van der Waals surface area (Å²) >= 11 is 0. The molecule has 5 atom stereocenters. The molecule has 0 bridgehead atoms. The lowest BCUT2D eigenvalue weighted by molar-refractivity contribution is -0.272. The highest BCUT2D eigenvalue weighted by atomic mass is 16.8. The molecule has 0 amide bonds. The number of carbonyl (C=O) groups is 2. The van der Waals surface area contributed by atoms with E-state index in [2.05, 4.69) is 6.58 Å². The summed E-state index contributed by atoms with van der Waals surface area (Å²) in [5.41, 5.74) is -2.04. The smallest absolute Gasteiger partial charge is 0.506 e. The number of carbonyl (C=O) groups excluding carboxylic acids is 2. The summed E-state index contributed by atoms with van der Waals surface area (Å²) in [6.07, 6.45) is -2.89. The number of benzene rings is 1. The maximum Gasteiger partial charge on any atom is 0.509 e. The number of aromatic hydroxyl groups is 1. The molecule has 2 aromatic rings. The molecule has 0 radical (unpaired) electrons. The third-order valence-corrected chi connectivity index (χ3v) is 5.79. The van der Waals surface area contributed by atoms with Gasteiger partial charge in [-0.05, 0) is 32.9 Å². The van der Waals surface area contributed by atoms with Crippen LogP contribution in [0.3, 0.4) is 0 Å². The van der Waals surface area contributed by atoms with Gasteiger partial charge in [0.1, 0.15) is 34.4 Å². The fraction of sp³-hybridized carbons (Fsp3) is 0.409. The summed E-state index contributed by atoms with van der Waals surface area (Å²) < 4.78 is 33.4. The summed E-state index contributed by atoms with van der Waals surface area (Å²) in [6, 6.07) is 2.97. The molecule has 2 fully saturated rings. The van der Waals surface area contributed by atoms with Gasteiger partial charge in [0.2, 0.25) is 12.4 Å². The van der Waals surface area contributed by atoms with Gasteiger partial charge in [0.15, 0.2) is 11.9 Å². The monoisotopic (exact) mass is 446 g/mol. The van der Waals surface area contributed by atoms with Crippen molar-refractivity contribution in [3.05, 3.63) is 46.3 Å². The van der Waals surface area contributed by atoms with Crippen LogP contribution in [0.15, 0.2) is 34.0 Å². The number of hydrogen-bond acceptors (Lipinski definition) is 10. The van der Waals surface area contributed by atoms with E-state index in [1.54, 1.807) is 13.8 Å². The van der Waals surface area contributed by atoms with Gasteiger partial charge < -0.3 is 33.2 Å². The van der Waals surface area contributed by atoms with Gasteiger partial charge in [-0.15, -0.1) is 6.58 Å². The Bertz CT molecular complexity index is 1180. The molecule has 0 saturated carbocycles. The van der Waals surface area contributed by atoms with Gasteiger partial charge in [0, 0.05) is 12.7 Å². The normalized spacial score (nSPS) is 29.2. The van der Waals surface area contributed by atoms with Crippen LogP contribution in [0.5, 0.6) is 11.5 Å². The van der Waals surface area contributed by atoms with E-state index in [9.17, 15) is 19.5 Å². The molecule has 0 unspecified atom stereocenters. The first kappa shape index (κ1) is 21.8. The fourth-order valence-corrected chi connectivity index (χ4v) is 4.09. The largest absolute Gasteiger partial charge is 0.509 e. The van der Waals surface area contributed by atoms with Crippen LogP contribution in [0.4, 0.5) is 4.79 Å². The molecule has 2 saturated heterocycles. The SMILES string of the molecule is C=C[C@]1(C)O[C@@H](Oc2ccc3c(O)c(C(C)=O)c(=O)oc3c2C)[C@@H]2OC(=O)O[C@@H]2[C@H]1OC. The van der Waals surface area contributed by atoms with Gasteiger partial charge in [-0.1, -0.05) is 6.08 Å². The van der Waals surface area contributed by atoms with Crippen molar-refractivity contribution >= 4 is 22.9 Å². The first-order chi connectivity index (χ1) is 15.1. The van der Waals surface area contributed by atoms with E-state index < -0.39 is 59.1 Å². The van der Waals surface area contributed by atoms with Crippen LogP contribution in [0.25, 0.3) is 11.0 Å². The minimum atomic E-state index is -1.10. The Hall–Kier alpha value is -3.37. The van der Waals surface area contributed by atoms with Crippen molar-refractivity contribution < 1.29 is 42.8 Å². The van der Waals surface area contributed by atoms with E-state index >= 15 is 0 Å². The molecule has 0 spiro atoms. The van der Waals surface area contributed by atoms with Crippen molar-refractivity contribution in [2.24, 2.45) is 0 Å². The molecule has 2 aliphatic rings. The topological polar surface area (TPSA) is 131 Å². The van der Waals surface area contributed by atoms with Crippen LogP contribution in [0, 0.1) is 6.92 Å². The van der Waals surface area contributed by atoms with Gasteiger partial charge >= 0.3 is 11.8 Å². The summed E-state index contributed by atoms with van der Waals surface area (Å²) in [5, 5.41) is 10.6. The lowest BCUT2D eigenvalue weighted by atomic mass is 9.88. The summed E-state index contributed by atoms with van der Waals surface area (Å²) in [4.78, 5) is 35.7. The van der Waals surface area contributed by atoms with E-state index in [-0.39, 0.29) is 16.7 Å². The number of ketones is 1. The minimum Gasteiger partial charge on any atom is -0.506 e. The predicted octanol–water partition coefficient (Wildman–Crippen LogP) is 2.61. The molecule has 1 aromatic carbocycles. The number of hydrogen-bond donors (Lipinski definition) is 1. The van der Waals surface area contributed by atoms with Crippen molar-refractivity contribution in [2.75, 3.05) is 7.11 Å². The quantitative estimate of drug-likeness (QED) is 0.316. The molecular formula is C22H22O10. The first-order valence-corrected chi connectivity index (χ1v) is 9.79. The molecular weight excluding hydrogens is 424 g/mol. The second-order valence-corrected chi connectivity index (χ2v) is 7.80. The molecule has 10 heteroatoms. The van der Waals surface area contributed by atoms with Crippen molar-refractivity contribution in [3.63, 3.8) is 0 Å². The van der Waals surface area contributed by atoms with Crippen molar-refractivity contribution in [2.45, 2.75) is 51.0 Å². The molecule has 4 rings (SSSR count). The average Bonchev–Trinajstić information content (AvgIpc) is 3.11. The number of Topliss-reactive ketones (excluding diaryl/α,β-unsaturated/α-hetero) is 1. The predicted molar refractivity (Wildman–Crippen MR) is 109 cm³/mol. The van der Waals surface area contributed by atoms with E-state index in [1.165, 1.54) is 25.3 Å². The Balaban J connectivity index is 1.75. The standard InChI is InChI=1S/C22H22O10/c1-6-22(4)18(27-5)16-17(31-21(26)30-16)20(32-22)28-12-8-7-11-14(24)13(10(3)23)19(25)29-15(11)9(12)2/h6-8,16-18,20,24H,1H2,2-5H3/t16-,17+,18+,20+,22-/m0/s1. The molecule has 170 valence electrons. The maximum absolute atomic E-state index is 12.2. The second kappa shape index (κ2) is 7.64. The Labute approximate surface area is 182 Å². The number of aryl methyl sites for hydroxylation is 1. The van der Waals surface area contributed by atoms with Crippen molar-refractivity contribution in [3.8, 4) is 11.5 Å². The summed E-state index contributed by atoms with van der Waals surface area (Å²) in [7, 11) is 1.46. The van der Waals surface area contributed by atoms with Crippen LogP contribution in [-0.4, -0.2) is 54.4 Å². The average molecular weight is 446 g/mol. The van der Waals surface area contributed by atoms with Gasteiger partial charge in [-0.3, -0.25) is 4.79 Å². The van der Waals surface area contributed by atoms with Gasteiger partial charge in [0.05, 0.1) is 5.39 Å². The maximum atomic E-state index is 12.2. The minimum absolute atomic E-state index is 0.0447. The highest BCUT2D eigenvalue weighted by molar-refractivity contribution is 6.02. The van der Waals surface area contributed by atoms with Crippen molar-refractivity contribution in [1.29, 1.82) is 0 Å². The molecule has 10 nitrogen and oxygen atoms in total. The van der Waals surface area contributed by atoms with E-state index in [1.807, 2.05) is 0 Å². The molecule has 1 aromatic heterocycles. The summed E-state index contributed by atoms with van der Waals surface area (Å²) in [5.74, 6) is -0.838. The third-order valence-electron chi connectivity index (χ3n) is 5.79. The number of methoxy groups -OCH3 is 1. The molecule has 2 aliphatic heterocycles. The number of rotatable bonds is 5. The lowest BCUT2D eigenvalue weighted by Gasteiger charge is -2.45. The Kier molecular flexibility index (Phi) is 5.22. The van der Waals surface area contributed by atoms with Crippen LogP contribution in [0.1, 0.15) is 29.8 Å². The van der Waals surface area contributed by atoms with Gasteiger partial charge in [-0.25, -0.2) is 9.59 Å².